The Morgan fingerprint density at radius 1 is 1.06 bits per heavy atom. The van der Waals surface area contributed by atoms with Crippen LogP contribution in [0.2, 0.25) is 0 Å². The molecule has 0 radical (unpaired) electrons. The third kappa shape index (κ3) is 5.45. The molecule has 2 aliphatic rings. The van der Waals surface area contributed by atoms with E-state index in [-0.39, 0.29) is 35.9 Å². The molecule has 0 aromatic heterocycles. The molecule has 0 aliphatic carbocycles. The molecule has 9 heteroatoms. The van der Waals surface area contributed by atoms with Crippen LogP contribution in [0.5, 0.6) is 0 Å². The second-order valence-corrected chi connectivity index (χ2v) is 8.07. The van der Waals surface area contributed by atoms with Crippen LogP contribution in [0.1, 0.15) is 70.1 Å². The number of unbranched alkanes of at least 4 members (excludes halogenated alkanes) is 1. The molecule has 1 N–H and O–H groups in total. The van der Waals surface area contributed by atoms with Gasteiger partial charge in [0, 0.05) is 45.0 Å². The highest BCUT2D eigenvalue weighted by molar-refractivity contribution is 6.22. The van der Waals surface area contributed by atoms with Crippen LogP contribution in [0.15, 0.2) is 18.2 Å². The van der Waals surface area contributed by atoms with E-state index in [0.29, 0.717) is 56.7 Å². The van der Waals surface area contributed by atoms with Gasteiger partial charge in [0.15, 0.2) is 0 Å². The zero-order valence-electron chi connectivity index (χ0n) is 18.7. The number of hydrogen-bond donors (Lipinski definition) is 1. The molecule has 1 saturated heterocycles. The highest BCUT2D eigenvalue weighted by Gasteiger charge is 2.36. The van der Waals surface area contributed by atoms with Crippen LogP contribution in [-0.4, -0.2) is 79.6 Å². The maximum atomic E-state index is 13.0. The molecule has 174 valence electrons. The minimum absolute atomic E-state index is 0.0342. The first-order valence-corrected chi connectivity index (χ1v) is 11.2. The lowest BCUT2D eigenvalue weighted by Crippen LogP contribution is -2.46. The van der Waals surface area contributed by atoms with Crippen LogP contribution >= 0.6 is 0 Å². The summed E-state index contributed by atoms with van der Waals surface area (Å²) in [6.45, 7) is 4.16. The van der Waals surface area contributed by atoms with Gasteiger partial charge in [-0.25, -0.2) is 4.79 Å². The number of carbonyl (C=O) groups excluding carboxylic acids is 4. The highest BCUT2D eigenvalue weighted by atomic mass is 16.5. The van der Waals surface area contributed by atoms with E-state index in [1.165, 1.54) is 11.0 Å². The van der Waals surface area contributed by atoms with Crippen LogP contribution < -0.4 is 5.32 Å². The smallest absolute Gasteiger partial charge is 0.407 e. The number of nitrogens with one attached hydrogen (secondary N) is 1. The summed E-state index contributed by atoms with van der Waals surface area (Å²) in [5.41, 5.74) is 0.979. The van der Waals surface area contributed by atoms with Gasteiger partial charge in [-0.05, 0) is 43.9 Å². The van der Waals surface area contributed by atoms with Crippen molar-refractivity contribution in [3.8, 4) is 0 Å². The number of amides is 4. The van der Waals surface area contributed by atoms with Crippen molar-refractivity contribution in [2.45, 2.75) is 45.1 Å². The summed E-state index contributed by atoms with van der Waals surface area (Å²) in [6.07, 6.45) is 3.19. The number of piperidine rings is 1. The quantitative estimate of drug-likeness (QED) is 0.462. The summed E-state index contributed by atoms with van der Waals surface area (Å²) < 4.78 is 10.1. The lowest BCUT2D eigenvalue weighted by Gasteiger charge is -2.32. The number of rotatable bonds is 9. The number of fused-ring (bicyclic) bond motifs is 1. The highest BCUT2D eigenvalue weighted by Crippen LogP contribution is 2.25. The van der Waals surface area contributed by atoms with E-state index in [1.54, 1.807) is 24.1 Å². The number of carbonyl (C=O) groups is 4. The Morgan fingerprint density at radius 2 is 1.78 bits per heavy atom. The van der Waals surface area contributed by atoms with E-state index >= 15 is 0 Å². The predicted octanol–water partition coefficient (Wildman–Crippen LogP) is 2.45. The first-order chi connectivity index (χ1) is 15.5. The molecule has 2 aliphatic heterocycles. The van der Waals surface area contributed by atoms with E-state index in [0.717, 1.165) is 12.8 Å². The Bertz CT molecular complexity index is 863. The summed E-state index contributed by atoms with van der Waals surface area (Å²) in [5.74, 6) is -0.895. The summed E-state index contributed by atoms with van der Waals surface area (Å²) >= 11 is 0. The van der Waals surface area contributed by atoms with Crippen molar-refractivity contribution in [3.63, 3.8) is 0 Å². The fourth-order valence-electron chi connectivity index (χ4n) is 3.92. The second-order valence-electron chi connectivity index (χ2n) is 8.07. The van der Waals surface area contributed by atoms with Gasteiger partial charge in [-0.3, -0.25) is 19.3 Å². The minimum Gasteiger partial charge on any atom is -0.450 e. The lowest BCUT2D eigenvalue weighted by molar-refractivity contribution is 0.0637. The van der Waals surface area contributed by atoms with Gasteiger partial charge in [-0.15, -0.1) is 0 Å². The summed E-state index contributed by atoms with van der Waals surface area (Å²) in [6, 6.07) is 4.64. The number of hydrogen-bond acceptors (Lipinski definition) is 6. The molecule has 1 aromatic carbocycles. The summed E-state index contributed by atoms with van der Waals surface area (Å²) in [7, 11) is 1.57. The molecule has 0 saturated carbocycles. The van der Waals surface area contributed by atoms with E-state index in [9.17, 15) is 19.2 Å². The predicted molar refractivity (Wildman–Crippen MR) is 117 cm³/mol. The van der Waals surface area contributed by atoms with Crippen LogP contribution in [-0.2, 0) is 9.47 Å². The molecule has 3 rings (SSSR count). The normalized spacial score (nSPS) is 16.3. The molecule has 0 bridgehead atoms. The first kappa shape index (κ1) is 23.7. The number of methoxy groups -OCH3 is 1. The molecule has 2 heterocycles. The number of benzene rings is 1. The van der Waals surface area contributed by atoms with Crippen LogP contribution in [0, 0.1) is 0 Å². The van der Waals surface area contributed by atoms with Gasteiger partial charge in [-0.2, -0.15) is 0 Å². The Morgan fingerprint density at radius 3 is 2.47 bits per heavy atom. The topological polar surface area (TPSA) is 105 Å². The zero-order chi connectivity index (χ0) is 23.1. The van der Waals surface area contributed by atoms with Crippen LogP contribution in [0.25, 0.3) is 0 Å². The summed E-state index contributed by atoms with van der Waals surface area (Å²) in [5, 5.41) is 2.85. The van der Waals surface area contributed by atoms with Crippen LogP contribution in [0.4, 0.5) is 4.79 Å². The minimum atomic E-state index is -0.417. The fourth-order valence-corrected chi connectivity index (χ4v) is 3.92. The molecule has 0 atom stereocenters. The molecule has 1 aromatic rings. The van der Waals surface area contributed by atoms with Gasteiger partial charge >= 0.3 is 6.09 Å². The second kappa shape index (κ2) is 11.1. The van der Waals surface area contributed by atoms with Gasteiger partial charge < -0.3 is 19.7 Å². The van der Waals surface area contributed by atoms with Crippen molar-refractivity contribution < 1.29 is 28.7 Å². The van der Waals surface area contributed by atoms with Gasteiger partial charge in [0.25, 0.3) is 17.7 Å². The Balaban J connectivity index is 1.56. The molecule has 0 spiro atoms. The van der Waals surface area contributed by atoms with E-state index in [1.807, 2.05) is 6.92 Å². The maximum Gasteiger partial charge on any atom is 0.407 e. The molecule has 9 nitrogen and oxygen atoms in total. The summed E-state index contributed by atoms with van der Waals surface area (Å²) in [4.78, 5) is 52.9. The third-order valence-corrected chi connectivity index (χ3v) is 5.78. The van der Waals surface area contributed by atoms with Crippen molar-refractivity contribution in [1.29, 1.82) is 0 Å². The number of nitrogens with zero attached hydrogens (tertiary/aromatic N) is 2. The van der Waals surface area contributed by atoms with Crippen molar-refractivity contribution in [3.05, 3.63) is 34.9 Å². The SMILES string of the molecule is CCCCOC(=O)NC1CCN(C(=O)c2ccc3c(c2)C(=O)N(CCCOC)C3=O)CC1. The van der Waals surface area contributed by atoms with E-state index in [4.69, 9.17) is 9.47 Å². The maximum absolute atomic E-state index is 13.0. The van der Waals surface area contributed by atoms with Gasteiger partial charge in [0.1, 0.15) is 0 Å². The number of alkyl carbamates (subject to hydrolysis) is 1. The average molecular weight is 446 g/mol. The van der Waals surface area contributed by atoms with E-state index < -0.39 is 6.09 Å². The van der Waals surface area contributed by atoms with Crippen molar-refractivity contribution in [2.75, 3.05) is 40.0 Å². The van der Waals surface area contributed by atoms with Crippen molar-refractivity contribution >= 4 is 23.8 Å². The Hall–Kier alpha value is -2.94. The first-order valence-electron chi connectivity index (χ1n) is 11.2. The Kier molecular flexibility index (Phi) is 8.21. The lowest BCUT2D eigenvalue weighted by atomic mass is 10.0. The van der Waals surface area contributed by atoms with Gasteiger partial charge in [0.05, 0.1) is 17.7 Å². The van der Waals surface area contributed by atoms with Crippen LogP contribution in [0.3, 0.4) is 0 Å². The molecular weight excluding hydrogens is 414 g/mol. The number of imide groups is 1. The van der Waals surface area contributed by atoms with Crippen molar-refractivity contribution in [2.24, 2.45) is 0 Å². The molecular formula is C23H31N3O6. The monoisotopic (exact) mass is 445 g/mol. The van der Waals surface area contributed by atoms with E-state index in [2.05, 4.69) is 5.32 Å². The molecule has 1 fully saturated rings. The van der Waals surface area contributed by atoms with Gasteiger partial charge in [0.2, 0.25) is 0 Å². The Labute approximate surface area is 188 Å². The number of likely N-dealkylation sites (tertiary alicyclic amines) is 1. The zero-order valence-corrected chi connectivity index (χ0v) is 18.7. The third-order valence-electron chi connectivity index (χ3n) is 5.78. The molecule has 4 amide bonds. The standard InChI is InChI=1S/C23H31N3O6/c1-3-4-14-32-23(30)24-17-8-11-25(12-9-17)20(27)16-6-7-18-19(15-16)22(29)26(21(18)28)10-5-13-31-2/h6-7,15,17H,3-5,8-14H2,1-2H3,(H,24,30). The molecule has 0 unspecified atom stereocenters. The fraction of sp³-hybridized carbons (Fsp3) is 0.565. The number of ether oxygens (including phenoxy) is 2. The average Bonchev–Trinajstić information content (AvgIpc) is 3.03. The van der Waals surface area contributed by atoms with Crippen molar-refractivity contribution in [1.82, 2.24) is 15.1 Å². The van der Waals surface area contributed by atoms with Gasteiger partial charge in [-0.1, -0.05) is 13.3 Å². The molecule has 32 heavy (non-hydrogen) atoms. The largest absolute Gasteiger partial charge is 0.450 e.